The number of H-pyrrole nitrogens is 1. The van der Waals surface area contributed by atoms with E-state index in [0.29, 0.717) is 33.9 Å². The molecule has 2 aliphatic heterocycles. The Morgan fingerprint density at radius 1 is 1.20 bits per heavy atom. The number of nitrogens with one attached hydrogen (secondary N) is 1. The maximum Gasteiger partial charge on any atom is 0.385 e. The van der Waals surface area contributed by atoms with E-state index in [1.807, 2.05) is 0 Å². The van der Waals surface area contributed by atoms with E-state index in [1.165, 1.54) is 18.0 Å². The molecule has 0 aliphatic carbocycles. The van der Waals surface area contributed by atoms with Crippen LogP contribution in [0.25, 0.3) is 22.2 Å². The maximum absolute atomic E-state index is 12.8. The molecule has 4 N–H and O–H groups in total. The predicted molar refractivity (Wildman–Crippen MR) is 166 cm³/mol. The number of fused-ring (bicyclic) bond motifs is 2. The van der Waals surface area contributed by atoms with Gasteiger partial charge >= 0.3 is 19.2 Å². The molecule has 0 radical (unpaired) electrons. The molecule has 7 atom stereocenters. The number of hydrogen-bond donors (Lipinski definition) is 4. The normalized spacial score (nSPS) is 26.8. The van der Waals surface area contributed by atoms with Crippen LogP contribution in [0.4, 0.5) is 5.82 Å². The summed E-state index contributed by atoms with van der Waals surface area (Å²) in [4.78, 5) is 38.9. The summed E-state index contributed by atoms with van der Waals surface area (Å²) in [5.41, 5.74) is 7.06. The Kier molecular flexibility index (Phi) is 9.20. The Hall–Kier alpha value is -1.63. The third-order valence-corrected chi connectivity index (χ3v) is 11.1. The first-order valence-corrected chi connectivity index (χ1v) is 18.9. The van der Waals surface area contributed by atoms with Crippen LogP contribution in [0.1, 0.15) is 31.7 Å². The number of halogens is 2. The summed E-state index contributed by atoms with van der Waals surface area (Å²) in [5, 5.41) is 0.747. The van der Waals surface area contributed by atoms with Gasteiger partial charge < -0.3 is 38.7 Å². The fourth-order valence-electron chi connectivity index (χ4n) is 5.03. The van der Waals surface area contributed by atoms with Gasteiger partial charge in [-0.25, -0.2) is 28.9 Å². The number of ether oxygens (including phenoxy) is 2. The van der Waals surface area contributed by atoms with Gasteiger partial charge in [-0.1, -0.05) is 35.5 Å². The van der Waals surface area contributed by atoms with Gasteiger partial charge in [-0.15, -0.1) is 0 Å². The van der Waals surface area contributed by atoms with Crippen LogP contribution in [-0.4, -0.2) is 66.2 Å². The zero-order valence-electron chi connectivity index (χ0n) is 22.6. The summed E-state index contributed by atoms with van der Waals surface area (Å²) >= 11 is 21.5. The lowest BCUT2D eigenvalue weighted by atomic mass is 10.2. The summed E-state index contributed by atoms with van der Waals surface area (Å²) in [5.74, 6) is 0.0670. The third kappa shape index (κ3) is 6.60. The Morgan fingerprint density at radius 3 is 2.75 bits per heavy atom. The first-order valence-electron chi connectivity index (χ1n) is 12.9. The smallest absolute Gasteiger partial charge is 0.382 e. The molecule has 16 nitrogen and oxygen atoms in total. The molecular formula is C22H25Cl2N7O9P2S2. The molecule has 2 aliphatic rings. The Bertz CT molecular complexity index is 1880. The SMILES string of the molecule is COP(=O)(S)OC[C@H]1O[C@@H](n2c(=O)[nH]c3c(N)ncnc32)C[C@@H]1OP(O)(=S)O[C@@H]1CC[C@H](n2cnc3cc(Cl)c(Cl)cc32)O1. The second-order valence-electron chi connectivity index (χ2n) is 9.79. The van der Waals surface area contributed by atoms with Crippen molar-refractivity contribution in [1.29, 1.82) is 0 Å². The van der Waals surface area contributed by atoms with E-state index in [9.17, 15) is 14.3 Å². The zero-order chi connectivity index (χ0) is 31.4. The number of nitrogen functional groups attached to an aromatic ring is 1. The molecule has 2 fully saturated rings. The maximum atomic E-state index is 12.8. The highest BCUT2D eigenvalue weighted by atomic mass is 35.5. The number of imidazole rings is 2. The predicted octanol–water partition coefficient (Wildman–Crippen LogP) is 4.30. The number of aromatic nitrogens is 6. The summed E-state index contributed by atoms with van der Waals surface area (Å²) < 4.78 is 49.1. The van der Waals surface area contributed by atoms with Gasteiger partial charge in [0.25, 0.3) is 0 Å². The number of rotatable bonds is 10. The molecule has 22 heteroatoms. The molecule has 0 saturated carbocycles. The van der Waals surface area contributed by atoms with Gasteiger partial charge in [-0.3, -0.25) is 9.05 Å². The van der Waals surface area contributed by atoms with Crippen molar-refractivity contribution >= 4 is 88.8 Å². The molecule has 0 spiro atoms. The molecule has 44 heavy (non-hydrogen) atoms. The highest BCUT2D eigenvalue weighted by Gasteiger charge is 2.44. The summed E-state index contributed by atoms with van der Waals surface area (Å²) in [6.45, 7) is -8.06. The van der Waals surface area contributed by atoms with Crippen molar-refractivity contribution in [3.8, 4) is 0 Å². The van der Waals surface area contributed by atoms with Gasteiger partial charge in [-0.05, 0) is 30.4 Å². The molecule has 238 valence electrons. The van der Waals surface area contributed by atoms with Gasteiger partial charge in [0.05, 0.1) is 40.1 Å². The second-order valence-corrected chi connectivity index (χ2v) is 16.4. The van der Waals surface area contributed by atoms with Crippen molar-refractivity contribution in [2.24, 2.45) is 0 Å². The van der Waals surface area contributed by atoms with E-state index in [1.54, 1.807) is 23.0 Å². The van der Waals surface area contributed by atoms with Crippen molar-refractivity contribution < 1.29 is 37.0 Å². The van der Waals surface area contributed by atoms with Gasteiger partial charge in [0.15, 0.2) is 17.8 Å². The van der Waals surface area contributed by atoms with Crippen molar-refractivity contribution in [2.75, 3.05) is 19.5 Å². The van der Waals surface area contributed by atoms with Gasteiger partial charge in [0.1, 0.15) is 30.4 Å². The molecule has 2 unspecified atom stereocenters. The third-order valence-electron chi connectivity index (χ3n) is 7.04. The first kappa shape index (κ1) is 32.3. The molecule has 6 rings (SSSR count). The number of benzene rings is 1. The fourth-order valence-corrected chi connectivity index (χ4v) is 7.67. The largest absolute Gasteiger partial charge is 0.385 e. The molecule has 0 amide bonds. The Labute approximate surface area is 269 Å². The Balaban J connectivity index is 1.18. The van der Waals surface area contributed by atoms with Crippen molar-refractivity contribution in [2.45, 2.75) is 50.2 Å². The van der Waals surface area contributed by atoms with Gasteiger partial charge in [-0.2, -0.15) is 0 Å². The minimum Gasteiger partial charge on any atom is -0.382 e. The van der Waals surface area contributed by atoms with Crippen LogP contribution in [0.3, 0.4) is 0 Å². The lowest BCUT2D eigenvalue weighted by Crippen LogP contribution is -2.29. The average Bonchev–Trinajstić information content (AvgIpc) is 3.73. The topological polar surface area (TPSA) is 200 Å². The lowest BCUT2D eigenvalue weighted by molar-refractivity contribution is -0.105. The average molecular weight is 728 g/mol. The number of anilines is 1. The second kappa shape index (κ2) is 12.5. The molecular weight excluding hydrogens is 703 g/mol. The van der Waals surface area contributed by atoms with E-state index in [4.69, 9.17) is 68.3 Å². The molecule has 4 aromatic rings. The quantitative estimate of drug-likeness (QED) is 0.133. The van der Waals surface area contributed by atoms with Crippen LogP contribution in [0.15, 0.2) is 29.6 Å². The van der Waals surface area contributed by atoms with Crippen molar-refractivity contribution in [1.82, 2.24) is 29.1 Å². The van der Waals surface area contributed by atoms with Crippen LogP contribution in [-0.2, 0) is 43.9 Å². The number of hydrogen-bond acceptors (Lipinski definition) is 13. The standard InChI is InChI=1S/C22H25Cl2N7O9P2S2/c1-35-41(33,43)36-7-15-14(6-17(37-15)31-21-19(29-22(31)32)20(25)26-8-27-21)39-42(34,44)40-18-3-2-16(38-18)30-9-28-12-4-10(23)11(24)5-13(12)30/h4-5,8-9,14-18H,2-3,6-7H2,1H3,(H,29,32)(H,33,43)(H,34,44)(H2,25,26,27)/t14-,15+,16+,17+,18+,41?,42?/m0/s1. The Morgan fingerprint density at radius 2 is 1.98 bits per heavy atom. The number of nitrogens with two attached hydrogens (primary N) is 1. The monoisotopic (exact) mass is 727 g/mol. The highest BCUT2D eigenvalue weighted by molar-refractivity contribution is 8.44. The molecule has 1 aromatic carbocycles. The summed E-state index contributed by atoms with van der Waals surface area (Å²) in [6, 6.07) is 3.34. The summed E-state index contributed by atoms with van der Waals surface area (Å²) in [6.07, 6.45) is -0.653. The van der Waals surface area contributed by atoms with Gasteiger partial charge in [0.2, 0.25) is 0 Å². The van der Waals surface area contributed by atoms with Crippen LogP contribution in [0, 0.1) is 0 Å². The zero-order valence-corrected chi connectivity index (χ0v) is 27.6. The van der Waals surface area contributed by atoms with E-state index >= 15 is 0 Å². The highest BCUT2D eigenvalue weighted by Crippen LogP contribution is 2.54. The molecule has 5 heterocycles. The molecule has 0 bridgehead atoms. The lowest BCUT2D eigenvalue weighted by Gasteiger charge is -2.26. The van der Waals surface area contributed by atoms with Crippen LogP contribution in [0.2, 0.25) is 10.0 Å². The number of aromatic amines is 1. The van der Waals surface area contributed by atoms with Crippen molar-refractivity contribution in [3.63, 3.8) is 0 Å². The first-order chi connectivity index (χ1) is 20.8. The minimum absolute atomic E-state index is 0.00451. The van der Waals surface area contributed by atoms with Crippen LogP contribution >= 0.6 is 49.0 Å². The van der Waals surface area contributed by atoms with Crippen LogP contribution < -0.4 is 11.4 Å². The fraction of sp³-hybridized carbons (Fsp3) is 0.455. The van der Waals surface area contributed by atoms with Gasteiger partial charge in [0, 0.05) is 20.0 Å². The van der Waals surface area contributed by atoms with E-state index in [0.717, 1.165) is 0 Å². The molecule has 2 saturated heterocycles. The van der Waals surface area contributed by atoms with E-state index < -0.39 is 50.2 Å². The van der Waals surface area contributed by atoms with Crippen molar-refractivity contribution in [3.05, 3.63) is 45.3 Å². The van der Waals surface area contributed by atoms with E-state index in [-0.39, 0.29) is 30.0 Å². The number of thiol groups is 1. The van der Waals surface area contributed by atoms with Crippen LogP contribution in [0.5, 0.6) is 0 Å². The van der Waals surface area contributed by atoms with E-state index in [2.05, 4.69) is 32.2 Å². The summed E-state index contributed by atoms with van der Waals surface area (Å²) in [7, 11) is 1.17. The minimum atomic E-state index is -3.99. The molecule has 3 aromatic heterocycles. The number of nitrogens with zero attached hydrogens (tertiary/aromatic N) is 5.